The molecule has 10 nitrogen and oxygen atoms in total. The standard InChI is InChI=1S/C37H40FN5O5/c1-46-29-14-12-27(32(19-29)48-3)21-40-35-34-33(42-36(43(34)17-16-39-35)26-10-6-24(22-44)7-11-26)25-8-4-23(5-9-25)20-41-37(45)30-18-28(38)13-15-31(30)47-2/h4-5,8-9,12-19,24,26,44H,6-7,10-11,20-22H2,1-3H3,(H,39,40)(H,41,45). The van der Waals surface area contributed by atoms with Gasteiger partial charge in [-0.15, -0.1) is 0 Å². The van der Waals surface area contributed by atoms with Crippen LogP contribution in [0, 0.1) is 11.7 Å². The quantitative estimate of drug-likeness (QED) is 0.142. The van der Waals surface area contributed by atoms with Crippen molar-refractivity contribution >= 4 is 17.2 Å². The number of rotatable bonds is 12. The van der Waals surface area contributed by atoms with E-state index in [0.717, 1.165) is 59.4 Å². The number of amides is 1. The topological polar surface area (TPSA) is 119 Å². The second-order valence-corrected chi connectivity index (χ2v) is 12.0. The van der Waals surface area contributed by atoms with Gasteiger partial charge in [0.25, 0.3) is 5.91 Å². The van der Waals surface area contributed by atoms with Crippen molar-refractivity contribution in [2.24, 2.45) is 5.92 Å². The second kappa shape index (κ2) is 14.7. The van der Waals surface area contributed by atoms with Gasteiger partial charge in [0.1, 0.15) is 40.1 Å². The summed E-state index contributed by atoms with van der Waals surface area (Å²) in [5.74, 6) is 3.04. The van der Waals surface area contributed by atoms with Gasteiger partial charge >= 0.3 is 0 Å². The number of carbonyl (C=O) groups is 1. The Morgan fingerprint density at radius 1 is 0.938 bits per heavy atom. The first-order chi connectivity index (χ1) is 23.4. The summed E-state index contributed by atoms with van der Waals surface area (Å²) in [7, 11) is 4.71. The molecule has 2 heterocycles. The van der Waals surface area contributed by atoms with E-state index in [-0.39, 0.29) is 24.6 Å². The number of fused-ring (bicyclic) bond motifs is 1. The summed E-state index contributed by atoms with van der Waals surface area (Å²) in [5.41, 5.74) is 4.53. The highest BCUT2D eigenvalue weighted by Crippen LogP contribution is 2.39. The zero-order chi connectivity index (χ0) is 33.6. The minimum Gasteiger partial charge on any atom is -0.497 e. The molecule has 0 aliphatic heterocycles. The lowest BCUT2D eigenvalue weighted by atomic mass is 9.82. The molecule has 3 aromatic carbocycles. The second-order valence-electron chi connectivity index (χ2n) is 12.0. The van der Waals surface area contributed by atoms with Gasteiger partial charge in [-0.25, -0.2) is 14.4 Å². The Balaban J connectivity index is 1.29. The number of hydrogen-bond donors (Lipinski definition) is 3. The van der Waals surface area contributed by atoms with E-state index >= 15 is 0 Å². The zero-order valence-electron chi connectivity index (χ0n) is 27.3. The van der Waals surface area contributed by atoms with Crippen LogP contribution in [-0.2, 0) is 13.1 Å². The number of methoxy groups -OCH3 is 3. The molecule has 0 spiro atoms. The lowest BCUT2D eigenvalue weighted by molar-refractivity contribution is 0.0947. The van der Waals surface area contributed by atoms with E-state index in [2.05, 4.69) is 15.0 Å². The van der Waals surface area contributed by atoms with Gasteiger partial charge in [-0.3, -0.25) is 9.20 Å². The van der Waals surface area contributed by atoms with Gasteiger partial charge in [-0.1, -0.05) is 24.3 Å². The summed E-state index contributed by atoms with van der Waals surface area (Å²) < 4.78 is 32.2. The number of ether oxygens (including phenoxy) is 3. The number of halogens is 1. The average Bonchev–Trinajstić information content (AvgIpc) is 3.53. The fourth-order valence-corrected chi connectivity index (χ4v) is 6.38. The molecular formula is C37H40FN5O5. The van der Waals surface area contributed by atoms with Crippen LogP contribution in [0.15, 0.2) is 73.1 Å². The minimum atomic E-state index is -0.509. The van der Waals surface area contributed by atoms with Gasteiger partial charge < -0.3 is 30.0 Å². The molecule has 1 aliphatic rings. The Bertz CT molecular complexity index is 1890. The SMILES string of the molecule is COc1ccc(CNc2nccn3c(C4CCC(CO)CC4)nc(-c4ccc(CNC(=O)c5cc(F)ccc5OC)cc4)c23)c(OC)c1. The fourth-order valence-electron chi connectivity index (χ4n) is 6.38. The third-order valence-electron chi connectivity index (χ3n) is 9.08. The molecule has 6 rings (SSSR count). The summed E-state index contributed by atoms with van der Waals surface area (Å²) in [6, 6.07) is 17.5. The first-order valence-corrected chi connectivity index (χ1v) is 16.1. The maximum absolute atomic E-state index is 13.8. The van der Waals surface area contributed by atoms with Gasteiger partial charge in [0.05, 0.1) is 26.9 Å². The maximum Gasteiger partial charge on any atom is 0.255 e. The summed E-state index contributed by atoms with van der Waals surface area (Å²) in [4.78, 5) is 22.8. The molecule has 0 bridgehead atoms. The molecule has 0 saturated heterocycles. The molecule has 1 saturated carbocycles. The summed E-state index contributed by atoms with van der Waals surface area (Å²) >= 11 is 0. The largest absolute Gasteiger partial charge is 0.497 e. The monoisotopic (exact) mass is 653 g/mol. The summed E-state index contributed by atoms with van der Waals surface area (Å²) in [6.45, 7) is 0.936. The molecule has 3 N–H and O–H groups in total. The van der Waals surface area contributed by atoms with Crippen LogP contribution in [0.2, 0.25) is 0 Å². The molecule has 250 valence electrons. The predicted octanol–water partition coefficient (Wildman–Crippen LogP) is 6.37. The Kier molecular flexibility index (Phi) is 10.1. The molecular weight excluding hydrogens is 613 g/mol. The minimum absolute atomic E-state index is 0.138. The smallest absolute Gasteiger partial charge is 0.255 e. The number of carbonyl (C=O) groups excluding carboxylic acids is 1. The fraction of sp³-hybridized carbons (Fsp3) is 0.324. The number of aromatic nitrogens is 3. The van der Waals surface area contributed by atoms with Crippen LogP contribution in [0.4, 0.5) is 10.2 Å². The third-order valence-corrected chi connectivity index (χ3v) is 9.08. The van der Waals surface area contributed by atoms with E-state index in [1.165, 1.54) is 25.3 Å². The first kappa shape index (κ1) is 32.8. The Morgan fingerprint density at radius 3 is 2.42 bits per heavy atom. The van der Waals surface area contributed by atoms with Crippen molar-refractivity contribution in [3.63, 3.8) is 0 Å². The van der Waals surface area contributed by atoms with Crippen LogP contribution in [0.5, 0.6) is 17.2 Å². The van der Waals surface area contributed by atoms with Crippen LogP contribution in [-0.4, -0.2) is 53.3 Å². The van der Waals surface area contributed by atoms with Gasteiger partial charge in [-0.05, 0) is 67.5 Å². The van der Waals surface area contributed by atoms with Crippen LogP contribution in [0.3, 0.4) is 0 Å². The number of imidazole rings is 1. The van der Waals surface area contributed by atoms with Crippen molar-refractivity contribution in [1.29, 1.82) is 0 Å². The van der Waals surface area contributed by atoms with Crippen LogP contribution in [0.25, 0.3) is 16.8 Å². The molecule has 0 unspecified atom stereocenters. The number of benzene rings is 3. The lowest BCUT2D eigenvalue weighted by Gasteiger charge is -2.26. The van der Waals surface area contributed by atoms with E-state index in [9.17, 15) is 14.3 Å². The van der Waals surface area contributed by atoms with Crippen molar-refractivity contribution in [1.82, 2.24) is 19.7 Å². The molecule has 48 heavy (non-hydrogen) atoms. The zero-order valence-corrected chi connectivity index (χ0v) is 27.3. The van der Waals surface area contributed by atoms with E-state index < -0.39 is 11.7 Å². The molecule has 1 amide bonds. The van der Waals surface area contributed by atoms with E-state index in [4.69, 9.17) is 24.2 Å². The van der Waals surface area contributed by atoms with E-state index in [1.807, 2.05) is 48.7 Å². The first-order valence-electron chi connectivity index (χ1n) is 16.1. The molecule has 1 aliphatic carbocycles. The maximum atomic E-state index is 13.8. The highest BCUT2D eigenvalue weighted by atomic mass is 19.1. The Hall–Kier alpha value is -5.16. The highest BCUT2D eigenvalue weighted by Gasteiger charge is 2.28. The van der Waals surface area contributed by atoms with Crippen molar-refractivity contribution in [2.45, 2.75) is 44.7 Å². The van der Waals surface area contributed by atoms with Gasteiger partial charge in [0.15, 0.2) is 5.82 Å². The summed E-state index contributed by atoms with van der Waals surface area (Å²) in [5, 5.41) is 16.1. The number of aliphatic hydroxyl groups is 1. The van der Waals surface area contributed by atoms with E-state index in [1.54, 1.807) is 20.4 Å². The molecule has 2 aromatic heterocycles. The van der Waals surface area contributed by atoms with Crippen LogP contribution in [0.1, 0.15) is 58.9 Å². The molecule has 0 atom stereocenters. The van der Waals surface area contributed by atoms with Gasteiger partial charge in [-0.2, -0.15) is 0 Å². The highest BCUT2D eigenvalue weighted by molar-refractivity contribution is 5.97. The van der Waals surface area contributed by atoms with Crippen LogP contribution < -0.4 is 24.8 Å². The number of anilines is 1. The summed E-state index contributed by atoms with van der Waals surface area (Å²) in [6.07, 6.45) is 7.57. The predicted molar refractivity (Wildman–Crippen MR) is 181 cm³/mol. The number of nitrogens with one attached hydrogen (secondary N) is 2. The van der Waals surface area contributed by atoms with Crippen molar-refractivity contribution in [2.75, 3.05) is 33.3 Å². The number of aliphatic hydroxyl groups excluding tert-OH is 1. The molecule has 1 fully saturated rings. The Labute approximate surface area is 278 Å². The lowest BCUT2D eigenvalue weighted by Crippen LogP contribution is -2.23. The van der Waals surface area contributed by atoms with Crippen molar-refractivity contribution < 1.29 is 28.5 Å². The normalized spacial score (nSPS) is 16.0. The molecule has 5 aromatic rings. The molecule has 11 heteroatoms. The average molecular weight is 654 g/mol. The van der Waals surface area contributed by atoms with Gasteiger partial charge in [0, 0.05) is 55.2 Å². The van der Waals surface area contributed by atoms with Crippen molar-refractivity contribution in [3.05, 3.63) is 101 Å². The number of hydrogen-bond acceptors (Lipinski definition) is 8. The van der Waals surface area contributed by atoms with E-state index in [0.29, 0.717) is 35.5 Å². The van der Waals surface area contributed by atoms with Crippen LogP contribution >= 0.6 is 0 Å². The molecule has 0 radical (unpaired) electrons. The van der Waals surface area contributed by atoms with Gasteiger partial charge in [0.2, 0.25) is 0 Å². The van der Waals surface area contributed by atoms with Crippen molar-refractivity contribution in [3.8, 4) is 28.5 Å². The number of nitrogens with zero attached hydrogens (tertiary/aromatic N) is 3. The third kappa shape index (κ3) is 6.91. The Morgan fingerprint density at radius 2 is 1.71 bits per heavy atom.